The summed E-state index contributed by atoms with van der Waals surface area (Å²) in [6.45, 7) is 5.59. The third-order valence-corrected chi connectivity index (χ3v) is 2.58. The first-order valence-corrected chi connectivity index (χ1v) is 6.93. The van der Waals surface area contributed by atoms with E-state index in [1.165, 1.54) is 6.20 Å². The largest absolute Gasteiger partial charge is 0.462 e. The first kappa shape index (κ1) is 17.2. The maximum absolute atomic E-state index is 11.8. The maximum Gasteiger partial charge on any atom is 0.340 e. The van der Waals surface area contributed by atoms with E-state index in [0.29, 0.717) is 11.3 Å². The summed E-state index contributed by atoms with van der Waals surface area (Å²) in [7, 11) is 0. The molecule has 0 aliphatic carbocycles. The van der Waals surface area contributed by atoms with Gasteiger partial charge < -0.3 is 15.4 Å². The van der Waals surface area contributed by atoms with Gasteiger partial charge >= 0.3 is 5.97 Å². The lowest BCUT2D eigenvalue weighted by Gasteiger charge is -2.10. The van der Waals surface area contributed by atoms with Crippen LogP contribution in [0.4, 0.5) is 5.69 Å². The topological polar surface area (TPSA) is 91.2 Å². The Labute approximate surface area is 129 Å². The van der Waals surface area contributed by atoms with E-state index in [9.17, 15) is 9.59 Å². The first-order valence-electron chi connectivity index (χ1n) is 6.93. The zero-order valence-electron chi connectivity index (χ0n) is 12.8. The zero-order valence-corrected chi connectivity index (χ0v) is 12.8. The molecule has 1 aromatic carbocycles. The van der Waals surface area contributed by atoms with E-state index in [-0.39, 0.29) is 18.2 Å². The Morgan fingerprint density at radius 2 is 2.05 bits per heavy atom. The molecule has 0 fully saturated rings. The predicted molar refractivity (Wildman–Crippen MR) is 83.0 cm³/mol. The van der Waals surface area contributed by atoms with E-state index in [0.717, 1.165) is 0 Å². The normalized spacial score (nSPS) is 10.8. The fraction of sp³-hybridized carbons (Fsp3) is 0.312. The summed E-state index contributed by atoms with van der Waals surface area (Å²) in [6.07, 6.45) is 1.27. The van der Waals surface area contributed by atoms with E-state index in [4.69, 9.17) is 10.00 Å². The summed E-state index contributed by atoms with van der Waals surface area (Å²) in [5.41, 5.74) is 0.723. The number of nitrogens with one attached hydrogen (secondary N) is 2. The number of ether oxygens (including phenoxy) is 1. The summed E-state index contributed by atoms with van der Waals surface area (Å²) in [4.78, 5) is 23.6. The fourth-order valence-corrected chi connectivity index (χ4v) is 1.63. The number of hydrogen-bond acceptors (Lipinski definition) is 5. The van der Waals surface area contributed by atoms with Crippen molar-refractivity contribution < 1.29 is 14.3 Å². The van der Waals surface area contributed by atoms with Gasteiger partial charge in [0, 0.05) is 12.2 Å². The minimum Gasteiger partial charge on any atom is -0.462 e. The molecule has 6 nitrogen and oxygen atoms in total. The van der Waals surface area contributed by atoms with E-state index in [1.54, 1.807) is 45.0 Å². The lowest BCUT2D eigenvalue weighted by Crippen LogP contribution is -2.31. The second kappa shape index (κ2) is 8.47. The van der Waals surface area contributed by atoms with Crippen LogP contribution < -0.4 is 10.6 Å². The standard InChI is InChI=1S/C16H19N3O3/c1-4-22-16(21)13-7-5-6-8-14(13)18-10-12(9-17)15(20)19-11(2)3/h5-8,10-11,18H,4H2,1-3H3,(H,19,20)/b12-10-. The van der Waals surface area contributed by atoms with Gasteiger partial charge in [-0.05, 0) is 32.9 Å². The highest BCUT2D eigenvalue weighted by atomic mass is 16.5. The number of rotatable bonds is 6. The number of amides is 1. The minimum absolute atomic E-state index is 0.0731. The van der Waals surface area contributed by atoms with Gasteiger partial charge in [-0.15, -0.1) is 0 Å². The molecule has 0 aromatic heterocycles. The molecule has 0 unspecified atom stereocenters. The fourth-order valence-electron chi connectivity index (χ4n) is 1.63. The molecular formula is C16H19N3O3. The molecule has 22 heavy (non-hydrogen) atoms. The highest BCUT2D eigenvalue weighted by Gasteiger charge is 2.13. The van der Waals surface area contributed by atoms with Crippen LogP contribution in [0, 0.1) is 11.3 Å². The number of para-hydroxylation sites is 1. The summed E-state index contributed by atoms with van der Waals surface area (Å²) in [6, 6.07) is 8.46. The second-order valence-electron chi connectivity index (χ2n) is 4.71. The SMILES string of the molecule is CCOC(=O)c1ccccc1N/C=C(/C#N)C(=O)NC(C)C. The number of carbonyl (C=O) groups is 2. The third kappa shape index (κ3) is 4.94. The van der Waals surface area contributed by atoms with Crippen LogP contribution in [0.15, 0.2) is 36.0 Å². The number of nitriles is 1. The van der Waals surface area contributed by atoms with E-state index < -0.39 is 11.9 Å². The Morgan fingerprint density at radius 3 is 2.64 bits per heavy atom. The molecule has 1 aromatic rings. The number of anilines is 1. The van der Waals surface area contributed by atoms with Crippen molar-refractivity contribution in [2.45, 2.75) is 26.8 Å². The molecule has 0 radical (unpaired) electrons. The zero-order chi connectivity index (χ0) is 16.5. The summed E-state index contributed by atoms with van der Waals surface area (Å²) in [5.74, 6) is -0.942. The smallest absolute Gasteiger partial charge is 0.340 e. The molecule has 2 N–H and O–H groups in total. The Bertz CT molecular complexity index is 615. The molecule has 0 bridgehead atoms. The van der Waals surface area contributed by atoms with Crippen molar-refractivity contribution >= 4 is 17.6 Å². The second-order valence-corrected chi connectivity index (χ2v) is 4.71. The number of hydrogen-bond donors (Lipinski definition) is 2. The Kier molecular flexibility index (Phi) is 6.64. The van der Waals surface area contributed by atoms with Crippen LogP contribution in [0.3, 0.4) is 0 Å². The van der Waals surface area contributed by atoms with Gasteiger partial charge in [0.25, 0.3) is 5.91 Å². The van der Waals surface area contributed by atoms with Crippen LogP contribution in [0.2, 0.25) is 0 Å². The quantitative estimate of drug-likeness (QED) is 0.477. The van der Waals surface area contributed by atoms with Crippen LogP contribution in [-0.2, 0) is 9.53 Å². The van der Waals surface area contributed by atoms with Gasteiger partial charge in [0.05, 0.1) is 17.9 Å². The molecule has 0 saturated heterocycles. The van der Waals surface area contributed by atoms with Gasteiger partial charge in [0.15, 0.2) is 0 Å². The van der Waals surface area contributed by atoms with Crippen molar-refractivity contribution in [1.29, 1.82) is 5.26 Å². The minimum atomic E-state index is -0.474. The summed E-state index contributed by atoms with van der Waals surface area (Å²) in [5, 5.41) is 14.5. The number of benzene rings is 1. The van der Waals surface area contributed by atoms with Crippen LogP contribution in [-0.4, -0.2) is 24.5 Å². The average Bonchev–Trinajstić information content (AvgIpc) is 2.47. The first-order chi connectivity index (χ1) is 10.5. The molecule has 0 spiro atoms. The lowest BCUT2D eigenvalue weighted by molar-refractivity contribution is -0.117. The monoisotopic (exact) mass is 301 g/mol. The molecular weight excluding hydrogens is 282 g/mol. The molecule has 6 heteroatoms. The molecule has 0 saturated carbocycles. The summed E-state index contributed by atoms with van der Waals surface area (Å²) >= 11 is 0. The van der Waals surface area contributed by atoms with Gasteiger partial charge in [-0.1, -0.05) is 12.1 Å². The van der Waals surface area contributed by atoms with E-state index in [1.807, 2.05) is 6.07 Å². The summed E-state index contributed by atoms with van der Waals surface area (Å²) < 4.78 is 4.96. The van der Waals surface area contributed by atoms with E-state index in [2.05, 4.69) is 10.6 Å². The molecule has 1 rings (SSSR count). The van der Waals surface area contributed by atoms with Gasteiger partial charge in [0.1, 0.15) is 11.6 Å². The Hall–Kier alpha value is -2.81. The van der Waals surface area contributed by atoms with Crippen molar-refractivity contribution in [3.05, 3.63) is 41.6 Å². The van der Waals surface area contributed by atoms with Crippen LogP contribution in [0.25, 0.3) is 0 Å². The highest BCUT2D eigenvalue weighted by molar-refractivity contribution is 5.99. The number of esters is 1. The average molecular weight is 301 g/mol. The Balaban J connectivity index is 2.95. The van der Waals surface area contributed by atoms with Crippen LogP contribution >= 0.6 is 0 Å². The van der Waals surface area contributed by atoms with Crippen molar-refractivity contribution in [3.8, 4) is 6.07 Å². The number of carbonyl (C=O) groups excluding carboxylic acids is 2. The molecule has 0 aliphatic rings. The van der Waals surface area contributed by atoms with Gasteiger partial charge in [-0.3, -0.25) is 4.79 Å². The maximum atomic E-state index is 11.8. The molecule has 0 atom stereocenters. The molecule has 116 valence electrons. The number of nitrogens with zero attached hydrogens (tertiary/aromatic N) is 1. The van der Waals surface area contributed by atoms with Gasteiger partial charge in [-0.2, -0.15) is 5.26 Å². The van der Waals surface area contributed by atoms with Crippen molar-refractivity contribution in [3.63, 3.8) is 0 Å². The van der Waals surface area contributed by atoms with Crippen LogP contribution in [0.5, 0.6) is 0 Å². The molecule has 1 amide bonds. The van der Waals surface area contributed by atoms with Crippen molar-refractivity contribution in [2.75, 3.05) is 11.9 Å². The van der Waals surface area contributed by atoms with Crippen molar-refractivity contribution in [1.82, 2.24) is 5.32 Å². The predicted octanol–water partition coefficient (Wildman–Crippen LogP) is 2.21. The van der Waals surface area contributed by atoms with Gasteiger partial charge in [-0.25, -0.2) is 4.79 Å². The van der Waals surface area contributed by atoms with Crippen molar-refractivity contribution in [2.24, 2.45) is 0 Å². The highest BCUT2D eigenvalue weighted by Crippen LogP contribution is 2.16. The van der Waals surface area contributed by atoms with Gasteiger partial charge in [0.2, 0.25) is 0 Å². The lowest BCUT2D eigenvalue weighted by atomic mass is 10.1. The molecule has 0 heterocycles. The third-order valence-electron chi connectivity index (χ3n) is 2.58. The Morgan fingerprint density at radius 1 is 1.36 bits per heavy atom. The van der Waals surface area contributed by atoms with Crippen LogP contribution in [0.1, 0.15) is 31.1 Å². The van der Waals surface area contributed by atoms with E-state index >= 15 is 0 Å². The molecule has 0 aliphatic heterocycles.